The topological polar surface area (TPSA) is 80.4 Å². The second-order valence-electron chi connectivity index (χ2n) is 6.61. The van der Waals surface area contributed by atoms with E-state index in [1.807, 2.05) is 0 Å². The highest BCUT2D eigenvalue weighted by atomic mass is 16.6. The lowest BCUT2D eigenvalue weighted by Gasteiger charge is -2.56. The Hall–Kier alpha value is -1.91. The minimum Gasteiger partial charge on any atom is -0.481 e. The molecule has 21 heavy (non-hydrogen) atoms. The van der Waals surface area contributed by atoms with E-state index in [4.69, 9.17) is 0 Å². The molecule has 1 N–H and O–H groups in total. The number of rotatable bonds is 3. The molecule has 0 radical (unpaired) electrons. The van der Waals surface area contributed by atoms with Crippen molar-refractivity contribution in [3.05, 3.63) is 39.9 Å². The summed E-state index contributed by atoms with van der Waals surface area (Å²) in [4.78, 5) is 22.3. The molecule has 0 amide bonds. The highest BCUT2D eigenvalue weighted by Gasteiger charge is 2.59. The lowest BCUT2D eigenvalue weighted by atomic mass is 9.46. The van der Waals surface area contributed by atoms with Crippen molar-refractivity contribution in [3.8, 4) is 0 Å². The van der Waals surface area contributed by atoms with Gasteiger partial charge in [-0.25, -0.2) is 0 Å². The number of aliphatic carboxylic acids is 1. The first-order chi connectivity index (χ1) is 9.97. The summed E-state index contributed by atoms with van der Waals surface area (Å²) < 4.78 is 0. The lowest BCUT2D eigenvalue weighted by Crippen LogP contribution is -2.55. The van der Waals surface area contributed by atoms with Crippen molar-refractivity contribution in [2.24, 2.45) is 5.41 Å². The second-order valence-corrected chi connectivity index (χ2v) is 6.61. The van der Waals surface area contributed by atoms with Crippen molar-refractivity contribution in [3.63, 3.8) is 0 Å². The third-order valence-electron chi connectivity index (χ3n) is 5.29. The van der Waals surface area contributed by atoms with Gasteiger partial charge in [-0.2, -0.15) is 0 Å². The van der Waals surface area contributed by atoms with Gasteiger partial charge in [-0.3, -0.25) is 14.9 Å². The van der Waals surface area contributed by atoms with Crippen molar-refractivity contribution in [2.75, 3.05) is 0 Å². The smallest absolute Gasteiger partial charge is 0.314 e. The first-order valence-electron chi connectivity index (χ1n) is 7.46. The van der Waals surface area contributed by atoms with Crippen molar-refractivity contribution in [2.45, 2.75) is 50.4 Å². The number of carboxylic acids is 1. The number of nitrogens with zero attached hydrogens (tertiary/aromatic N) is 1. The van der Waals surface area contributed by atoms with Crippen LogP contribution in [0.15, 0.2) is 24.3 Å². The van der Waals surface area contributed by atoms with E-state index in [0.29, 0.717) is 18.4 Å². The van der Waals surface area contributed by atoms with Gasteiger partial charge < -0.3 is 5.11 Å². The summed E-state index contributed by atoms with van der Waals surface area (Å²) in [5.41, 5.74) is -0.219. The molecular formula is C16H19NO4. The van der Waals surface area contributed by atoms with Gasteiger partial charge in [0.1, 0.15) is 0 Å². The zero-order valence-electron chi connectivity index (χ0n) is 11.9. The van der Waals surface area contributed by atoms with Crippen LogP contribution in [0, 0.1) is 15.5 Å². The molecule has 5 heteroatoms. The summed E-state index contributed by atoms with van der Waals surface area (Å²) >= 11 is 0. The van der Waals surface area contributed by atoms with E-state index in [1.54, 1.807) is 12.1 Å². The molecule has 0 saturated heterocycles. The van der Waals surface area contributed by atoms with Crippen molar-refractivity contribution in [1.82, 2.24) is 0 Å². The Morgan fingerprint density at radius 2 is 1.86 bits per heavy atom. The van der Waals surface area contributed by atoms with Crippen molar-refractivity contribution >= 4 is 11.7 Å². The van der Waals surface area contributed by atoms with Crippen LogP contribution in [-0.2, 0) is 10.2 Å². The molecule has 1 aromatic carbocycles. The first-order valence-corrected chi connectivity index (χ1v) is 7.46. The normalized spacial score (nSPS) is 22.5. The minimum atomic E-state index is -0.927. The van der Waals surface area contributed by atoms with Crippen LogP contribution >= 0.6 is 0 Å². The minimum absolute atomic E-state index is 0.0299. The van der Waals surface area contributed by atoms with Gasteiger partial charge in [-0.1, -0.05) is 31.4 Å². The van der Waals surface area contributed by atoms with Crippen LogP contribution in [0.2, 0.25) is 0 Å². The monoisotopic (exact) mass is 289 g/mol. The lowest BCUT2D eigenvalue weighted by molar-refractivity contribution is -0.385. The van der Waals surface area contributed by atoms with Crippen LogP contribution in [0.4, 0.5) is 5.69 Å². The molecule has 0 aromatic heterocycles. The molecule has 0 unspecified atom stereocenters. The molecule has 0 aliphatic heterocycles. The van der Waals surface area contributed by atoms with E-state index in [-0.39, 0.29) is 11.1 Å². The quantitative estimate of drug-likeness (QED) is 0.680. The zero-order valence-corrected chi connectivity index (χ0v) is 11.9. The molecule has 0 atom stereocenters. The molecule has 0 heterocycles. The van der Waals surface area contributed by atoms with Crippen LogP contribution in [0.25, 0.3) is 0 Å². The molecule has 2 fully saturated rings. The Kier molecular flexibility index (Phi) is 3.23. The summed E-state index contributed by atoms with van der Waals surface area (Å²) in [5, 5.41) is 20.6. The summed E-state index contributed by atoms with van der Waals surface area (Å²) in [6, 6.07) is 6.15. The summed E-state index contributed by atoms with van der Waals surface area (Å²) in [6.07, 6.45) is 7.01. The fourth-order valence-electron chi connectivity index (χ4n) is 4.28. The van der Waals surface area contributed by atoms with E-state index < -0.39 is 16.3 Å². The van der Waals surface area contributed by atoms with E-state index in [9.17, 15) is 20.0 Å². The van der Waals surface area contributed by atoms with Gasteiger partial charge in [0.25, 0.3) is 5.69 Å². The van der Waals surface area contributed by atoms with E-state index in [2.05, 4.69) is 0 Å². The van der Waals surface area contributed by atoms with Crippen molar-refractivity contribution in [1.29, 1.82) is 0 Å². The van der Waals surface area contributed by atoms with Crippen LogP contribution in [0.1, 0.15) is 50.5 Å². The number of nitro benzene ring substituents is 1. The summed E-state index contributed by atoms with van der Waals surface area (Å²) in [6.45, 7) is 0. The zero-order chi connectivity index (χ0) is 15.1. The maximum Gasteiger partial charge on any atom is 0.314 e. The third-order valence-corrected chi connectivity index (χ3v) is 5.29. The van der Waals surface area contributed by atoms with Gasteiger partial charge in [0, 0.05) is 12.1 Å². The van der Waals surface area contributed by atoms with Gasteiger partial charge in [0.2, 0.25) is 0 Å². The standard InChI is InChI=1S/C16H19NO4/c18-14(19)16(10-15(11-16)7-2-1-3-8-15)12-5-4-6-13(9-12)17(20)21/h4-6,9H,1-3,7-8,10-11H2,(H,18,19). The maximum absolute atomic E-state index is 11.8. The molecular weight excluding hydrogens is 270 g/mol. The van der Waals surface area contributed by atoms with E-state index in [1.165, 1.54) is 31.4 Å². The molecule has 5 nitrogen and oxygen atoms in total. The number of nitro groups is 1. The van der Waals surface area contributed by atoms with Gasteiger partial charge >= 0.3 is 5.97 Å². The molecule has 1 spiro atoms. The highest BCUT2D eigenvalue weighted by molar-refractivity contribution is 5.83. The van der Waals surface area contributed by atoms with Gasteiger partial charge in [0.05, 0.1) is 10.3 Å². The van der Waals surface area contributed by atoms with Crippen LogP contribution in [0.3, 0.4) is 0 Å². The number of hydrogen-bond acceptors (Lipinski definition) is 3. The first kappa shape index (κ1) is 14.0. The highest BCUT2D eigenvalue weighted by Crippen LogP contribution is 2.62. The Morgan fingerprint density at radius 3 is 2.43 bits per heavy atom. The number of hydrogen-bond donors (Lipinski definition) is 1. The molecule has 2 saturated carbocycles. The number of carbonyl (C=O) groups is 1. The number of benzene rings is 1. The molecule has 2 aliphatic carbocycles. The molecule has 3 rings (SSSR count). The van der Waals surface area contributed by atoms with Crippen LogP contribution in [-0.4, -0.2) is 16.0 Å². The Morgan fingerprint density at radius 1 is 1.19 bits per heavy atom. The fourth-order valence-corrected chi connectivity index (χ4v) is 4.28. The molecule has 1 aromatic rings. The summed E-state index contributed by atoms with van der Waals surface area (Å²) in [7, 11) is 0. The second kappa shape index (κ2) is 4.83. The summed E-state index contributed by atoms with van der Waals surface area (Å²) in [5.74, 6) is -0.848. The number of carboxylic acid groups (broad SMARTS) is 1. The fraction of sp³-hybridized carbons (Fsp3) is 0.562. The van der Waals surface area contributed by atoms with Gasteiger partial charge in [-0.15, -0.1) is 0 Å². The average Bonchev–Trinajstić information content (AvgIpc) is 2.45. The Balaban J connectivity index is 1.92. The Bertz CT molecular complexity index is 582. The van der Waals surface area contributed by atoms with Crippen molar-refractivity contribution < 1.29 is 14.8 Å². The maximum atomic E-state index is 11.8. The van der Waals surface area contributed by atoms with Gasteiger partial charge in [-0.05, 0) is 36.7 Å². The third kappa shape index (κ3) is 2.20. The predicted molar refractivity (Wildman–Crippen MR) is 77.2 cm³/mol. The van der Waals surface area contributed by atoms with E-state index in [0.717, 1.165) is 12.8 Å². The average molecular weight is 289 g/mol. The largest absolute Gasteiger partial charge is 0.481 e. The molecule has 0 bridgehead atoms. The predicted octanol–water partition coefficient (Wildman–Crippen LogP) is 3.66. The SMILES string of the molecule is O=C(O)C1(c2cccc([N+](=O)[O-])c2)CC2(CCCCC2)C1. The molecule has 112 valence electrons. The van der Waals surface area contributed by atoms with E-state index >= 15 is 0 Å². The number of non-ortho nitro benzene ring substituents is 1. The van der Waals surface area contributed by atoms with Gasteiger partial charge in [0.15, 0.2) is 0 Å². The van der Waals surface area contributed by atoms with Crippen LogP contribution in [0.5, 0.6) is 0 Å². The van der Waals surface area contributed by atoms with Crippen LogP contribution < -0.4 is 0 Å². The molecule has 2 aliphatic rings. The Labute approximate surface area is 123 Å².